The summed E-state index contributed by atoms with van der Waals surface area (Å²) in [7, 11) is 1.49. The quantitative estimate of drug-likeness (QED) is 0.841. The van der Waals surface area contributed by atoms with Crippen LogP contribution in [0.1, 0.15) is 50.4 Å². The summed E-state index contributed by atoms with van der Waals surface area (Å²) < 4.78 is 10.5. The van der Waals surface area contributed by atoms with E-state index in [1.54, 1.807) is 31.2 Å². The van der Waals surface area contributed by atoms with Gasteiger partial charge in [0.05, 0.1) is 7.11 Å². The van der Waals surface area contributed by atoms with Crippen molar-refractivity contribution < 1.29 is 19.1 Å². The number of hydrogen-bond acceptors (Lipinski definition) is 4. The minimum absolute atomic E-state index is 0.147. The van der Waals surface area contributed by atoms with E-state index in [1.807, 2.05) is 0 Å². The van der Waals surface area contributed by atoms with Crippen LogP contribution in [0.2, 0.25) is 0 Å². The Morgan fingerprint density at radius 3 is 2.62 bits per heavy atom. The molecule has 1 amide bonds. The normalized spacial score (nSPS) is 24.8. The fourth-order valence-electron chi connectivity index (χ4n) is 3.18. The zero-order chi connectivity index (χ0) is 17.7. The van der Waals surface area contributed by atoms with Gasteiger partial charge >= 0.3 is 5.97 Å². The summed E-state index contributed by atoms with van der Waals surface area (Å²) in [4.78, 5) is 24.6. The van der Waals surface area contributed by atoms with E-state index in [1.165, 1.54) is 13.5 Å². The smallest absolute Gasteiger partial charge is 0.342 e. The van der Waals surface area contributed by atoms with Crippen LogP contribution in [0, 0.1) is 11.8 Å². The minimum Gasteiger partial charge on any atom is -0.496 e. The molecule has 1 fully saturated rings. The topological polar surface area (TPSA) is 64.6 Å². The number of carbonyl (C=O) groups excluding carboxylic acids is 2. The fraction of sp³-hybridized carbons (Fsp3) is 0.579. The van der Waals surface area contributed by atoms with E-state index in [0.29, 0.717) is 23.1 Å². The highest BCUT2D eigenvalue weighted by Crippen LogP contribution is 2.29. The van der Waals surface area contributed by atoms with Gasteiger partial charge in [0.1, 0.15) is 11.3 Å². The molecule has 1 aromatic rings. The molecule has 1 aliphatic rings. The van der Waals surface area contributed by atoms with Gasteiger partial charge in [-0.05, 0) is 37.3 Å². The van der Waals surface area contributed by atoms with Crippen molar-refractivity contribution in [2.75, 3.05) is 7.11 Å². The van der Waals surface area contributed by atoms with E-state index in [9.17, 15) is 9.59 Å². The molecule has 4 atom stereocenters. The van der Waals surface area contributed by atoms with Gasteiger partial charge in [-0.2, -0.15) is 0 Å². The van der Waals surface area contributed by atoms with Gasteiger partial charge in [0, 0.05) is 6.04 Å². The maximum absolute atomic E-state index is 12.4. The molecule has 5 heteroatoms. The lowest BCUT2D eigenvalue weighted by Crippen LogP contribution is -2.47. The fourth-order valence-corrected chi connectivity index (χ4v) is 3.18. The number of benzene rings is 1. The van der Waals surface area contributed by atoms with Crippen LogP contribution in [-0.4, -0.2) is 31.1 Å². The standard InChI is InChI=1S/C19H27NO4/c1-12-8-7-10-16(13(12)2)20-18(21)14(3)24-19(22)15-9-5-6-11-17(15)23-4/h5-6,9,11-14,16H,7-8,10H2,1-4H3,(H,20,21)/t12-,13+,14+,16-/m0/s1. The molecule has 0 radical (unpaired) electrons. The number of methoxy groups -OCH3 is 1. The second kappa shape index (κ2) is 8.18. The van der Waals surface area contributed by atoms with Gasteiger partial charge < -0.3 is 14.8 Å². The van der Waals surface area contributed by atoms with Crippen LogP contribution in [-0.2, 0) is 9.53 Å². The van der Waals surface area contributed by atoms with Crippen molar-refractivity contribution in [3.8, 4) is 5.75 Å². The summed E-state index contributed by atoms with van der Waals surface area (Å²) in [5, 5.41) is 3.04. The average Bonchev–Trinajstić information content (AvgIpc) is 2.58. The molecule has 1 N–H and O–H groups in total. The number of para-hydroxylation sites is 1. The van der Waals surface area contributed by atoms with Crippen LogP contribution >= 0.6 is 0 Å². The molecule has 2 rings (SSSR count). The zero-order valence-electron chi connectivity index (χ0n) is 14.9. The van der Waals surface area contributed by atoms with E-state index in [4.69, 9.17) is 9.47 Å². The summed E-state index contributed by atoms with van der Waals surface area (Å²) in [5.41, 5.74) is 0.319. The Balaban J connectivity index is 1.95. The van der Waals surface area contributed by atoms with Crippen molar-refractivity contribution in [1.82, 2.24) is 5.32 Å². The molecule has 1 aromatic carbocycles. The van der Waals surface area contributed by atoms with E-state index >= 15 is 0 Å². The molecule has 0 unspecified atom stereocenters. The SMILES string of the molecule is COc1ccccc1C(=O)O[C@H](C)C(=O)N[C@H]1CCC[C@H](C)[C@H]1C. The predicted molar refractivity (Wildman–Crippen MR) is 92.0 cm³/mol. The largest absolute Gasteiger partial charge is 0.496 e. The van der Waals surface area contributed by atoms with E-state index in [2.05, 4.69) is 19.2 Å². The summed E-state index contributed by atoms with van der Waals surface area (Å²) in [5.74, 6) is 0.657. The van der Waals surface area contributed by atoms with Crippen LogP contribution in [0.4, 0.5) is 0 Å². The third-order valence-electron chi connectivity index (χ3n) is 5.01. The van der Waals surface area contributed by atoms with Crippen molar-refractivity contribution in [3.63, 3.8) is 0 Å². The first kappa shape index (κ1) is 18.3. The van der Waals surface area contributed by atoms with Crippen molar-refractivity contribution in [2.24, 2.45) is 11.8 Å². The maximum Gasteiger partial charge on any atom is 0.342 e. The van der Waals surface area contributed by atoms with Crippen molar-refractivity contribution in [1.29, 1.82) is 0 Å². The Kier molecular flexibility index (Phi) is 6.23. The second-order valence-electron chi connectivity index (χ2n) is 6.63. The lowest BCUT2D eigenvalue weighted by Gasteiger charge is -2.35. The lowest BCUT2D eigenvalue weighted by molar-refractivity contribution is -0.130. The Hall–Kier alpha value is -2.04. The molecule has 0 heterocycles. The Morgan fingerprint density at radius 2 is 1.92 bits per heavy atom. The van der Waals surface area contributed by atoms with Gasteiger partial charge in [0.15, 0.2) is 6.10 Å². The first-order valence-electron chi connectivity index (χ1n) is 8.58. The van der Waals surface area contributed by atoms with E-state index < -0.39 is 12.1 Å². The van der Waals surface area contributed by atoms with Gasteiger partial charge in [-0.3, -0.25) is 4.79 Å². The minimum atomic E-state index is -0.841. The Bertz CT molecular complexity index is 586. The van der Waals surface area contributed by atoms with E-state index in [-0.39, 0.29) is 11.9 Å². The van der Waals surface area contributed by atoms with Crippen LogP contribution < -0.4 is 10.1 Å². The third-order valence-corrected chi connectivity index (χ3v) is 5.01. The van der Waals surface area contributed by atoms with Crippen molar-refractivity contribution in [2.45, 2.75) is 52.2 Å². The molecule has 0 aliphatic heterocycles. The molecule has 132 valence electrons. The Morgan fingerprint density at radius 1 is 1.21 bits per heavy atom. The number of hydrogen-bond donors (Lipinski definition) is 1. The van der Waals surface area contributed by atoms with Crippen LogP contribution in [0.3, 0.4) is 0 Å². The molecule has 1 saturated carbocycles. The molecular weight excluding hydrogens is 306 g/mol. The van der Waals surface area contributed by atoms with Gasteiger partial charge in [-0.1, -0.05) is 38.8 Å². The van der Waals surface area contributed by atoms with Crippen molar-refractivity contribution in [3.05, 3.63) is 29.8 Å². The number of nitrogens with one attached hydrogen (secondary N) is 1. The van der Waals surface area contributed by atoms with Crippen LogP contribution in [0.5, 0.6) is 5.75 Å². The Labute approximate surface area is 143 Å². The number of rotatable bonds is 5. The van der Waals surface area contributed by atoms with E-state index in [0.717, 1.165) is 12.8 Å². The second-order valence-corrected chi connectivity index (χ2v) is 6.63. The molecule has 0 bridgehead atoms. The summed E-state index contributed by atoms with van der Waals surface area (Å²) in [6, 6.07) is 6.96. The summed E-state index contributed by atoms with van der Waals surface area (Å²) in [6.45, 7) is 5.98. The molecule has 0 aromatic heterocycles. The third kappa shape index (κ3) is 4.28. The number of carbonyl (C=O) groups is 2. The first-order chi connectivity index (χ1) is 11.4. The monoisotopic (exact) mass is 333 g/mol. The van der Waals surface area contributed by atoms with Crippen LogP contribution in [0.25, 0.3) is 0 Å². The predicted octanol–water partition coefficient (Wildman–Crippen LogP) is 3.18. The zero-order valence-corrected chi connectivity index (χ0v) is 14.9. The van der Waals surface area contributed by atoms with Crippen LogP contribution in [0.15, 0.2) is 24.3 Å². The van der Waals surface area contributed by atoms with Gasteiger partial charge in [0.2, 0.25) is 0 Å². The first-order valence-corrected chi connectivity index (χ1v) is 8.58. The van der Waals surface area contributed by atoms with Crippen molar-refractivity contribution >= 4 is 11.9 Å². The highest BCUT2D eigenvalue weighted by atomic mass is 16.5. The molecule has 24 heavy (non-hydrogen) atoms. The molecular formula is C19H27NO4. The van der Waals surface area contributed by atoms with Gasteiger partial charge in [0.25, 0.3) is 5.91 Å². The highest BCUT2D eigenvalue weighted by Gasteiger charge is 2.30. The van der Waals surface area contributed by atoms with Gasteiger partial charge in [-0.25, -0.2) is 4.79 Å². The lowest BCUT2D eigenvalue weighted by atomic mass is 9.78. The van der Waals surface area contributed by atoms with Gasteiger partial charge in [-0.15, -0.1) is 0 Å². The summed E-state index contributed by atoms with van der Waals surface area (Å²) >= 11 is 0. The average molecular weight is 333 g/mol. The molecule has 0 saturated heterocycles. The molecule has 5 nitrogen and oxygen atoms in total. The molecule has 0 spiro atoms. The highest BCUT2D eigenvalue weighted by molar-refractivity contribution is 5.94. The summed E-state index contributed by atoms with van der Waals surface area (Å²) in [6.07, 6.45) is 2.45. The molecule has 1 aliphatic carbocycles. The number of esters is 1. The number of amides is 1. The number of ether oxygens (including phenoxy) is 2. The maximum atomic E-state index is 12.4.